The highest BCUT2D eigenvalue weighted by Crippen LogP contribution is 2.46. The van der Waals surface area contributed by atoms with Crippen LogP contribution in [0.3, 0.4) is 0 Å². The fraction of sp³-hybridized carbons (Fsp3) is 0.882. The Morgan fingerprint density at radius 3 is 1.30 bits per heavy atom. The third kappa shape index (κ3) is 9.65. The Labute approximate surface area is 263 Å². The van der Waals surface area contributed by atoms with Gasteiger partial charge in [0.25, 0.3) is 0 Å². The van der Waals surface area contributed by atoms with E-state index in [0.717, 1.165) is 128 Å². The van der Waals surface area contributed by atoms with Crippen LogP contribution in [-0.4, -0.2) is 94.4 Å². The summed E-state index contributed by atoms with van der Waals surface area (Å²) in [7, 11) is 0. The van der Waals surface area contributed by atoms with E-state index in [1.54, 1.807) is 9.80 Å². The quantitative estimate of drug-likeness (QED) is 0.229. The summed E-state index contributed by atoms with van der Waals surface area (Å²) in [5, 5.41) is 21.1. The third-order valence-corrected chi connectivity index (χ3v) is 10.7. The van der Waals surface area contributed by atoms with Gasteiger partial charge in [0.05, 0.1) is 19.6 Å². The van der Waals surface area contributed by atoms with Crippen LogP contribution in [0.4, 0.5) is 0 Å². The standard InChI is InChI=1S/C34H56N2O8/c37-30(38)23-36(34(33(41)42,26-13-5-1-6-14-26)27-15-7-2-8-16-27)22-21-35(24-31(39)43-28-17-9-3-10-18-28)25-32(40)44-29-19-11-4-12-20-29/h26-29H,1-25H2,(H,37,38)(H,41,42). The number of rotatable bonds is 15. The first kappa shape index (κ1) is 34.7. The Kier molecular flexibility index (Phi) is 13.8. The number of hydrogen-bond acceptors (Lipinski definition) is 8. The van der Waals surface area contributed by atoms with Gasteiger partial charge in [0, 0.05) is 13.1 Å². The zero-order valence-corrected chi connectivity index (χ0v) is 26.7. The van der Waals surface area contributed by atoms with E-state index in [9.17, 15) is 29.4 Å². The van der Waals surface area contributed by atoms with Crippen molar-refractivity contribution in [1.29, 1.82) is 0 Å². The van der Waals surface area contributed by atoms with E-state index >= 15 is 0 Å². The predicted molar refractivity (Wildman–Crippen MR) is 165 cm³/mol. The van der Waals surface area contributed by atoms with Crippen LogP contribution in [0.25, 0.3) is 0 Å². The minimum atomic E-state index is -1.30. The Morgan fingerprint density at radius 2 is 0.932 bits per heavy atom. The van der Waals surface area contributed by atoms with E-state index in [4.69, 9.17) is 9.47 Å². The lowest BCUT2D eigenvalue weighted by molar-refractivity contribution is -0.170. The highest BCUT2D eigenvalue weighted by atomic mass is 16.5. The molecule has 2 N–H and O–H groups in total. The smallest absolute Gasteiger partial charge is 0.324 e. The van der Waals surface area contributed by atoms with Crippen molar-refractivity contribution in [2.24, 2.45) is 11.8 Å². The van der Waals surface area contributed by atoms with Gasteiger partial charge in [0.15, 0.2) is 0 Å². The maximum Gasteiger partial charge on any atom is 0.324 e. The van der Waals surface area contributed by atoms with Gasteiger partial charge in [0.1, 0.15) is 17.7 Å². The van der Waals surface area contributed by atoms with Gasteiger partial charge in [-0.05, 0) is 88.9 Å². The molecule has 10 heteroatoms. The molecule has 4 aliphatic carbocycles. The molecule has 0 bridgehead atoms. The SMILES string of the molecule is O=C(O)CN(CCN(CC(=O)OC1CCCCC1)CC(=O)OC1CCCCC1)C(C(=O)O)(C1CCCCC1)C1CCCCC1. The fourth-order valence-corrected chi connectivity index (χ4v) is 8.63. The van der Waals surface area contributed by atoms with E-state index in [0.29, 0.717) is 0 Å². The predicted octanol–water partition coefficient (Wildman–Crippen LogP) is 5.41. The second-order valence-corrected chi connectivity index (χ2v) is 13.8. The van der Waals surface area contributed by atoms with Crippen LogP contribution in [0.2, 0.25) is 0 Å². The van der Waals surface area contributed by atoms with Gasteiger partial charge in [-0.25, -0.2) is 0 Å². The molecule has 0 aromatic carbocycles. The molecule has 10 nitrogen and oxygen atoms in total. The van der Waals surface area contributed by atoms with Crippen molar-refractivity contribution in [3.05, 3.63) is 0 Å². The average molecular weight is 621 g/mol. The normalized spacial score (nSPS) is 21.8. The number of esters is 2. The van der Waals surface area contributed by atoms with Crippen molar-refractivity contribution >= 4 is 23.9 Å². The highest BCUT2D eigenvalue weighted by molar-refractivity contribution is 5.81. The van der Waals surface area contributed by atoms with Gasteiger partial charge in [-0.2, -0.15) is 0 Å². The Morgan fingerprint density at radius 1 is 0.545 bits per heavy atom. The van der Waals surface area contributed by atoms with Gasteiger partial charge >= 0.3 is 23.9 Å². The molecule has 0 aromatic rings. The number of carboxylic acid groups (broad SMARTS) is 2. The van der Waals surface area contributed by atoms with Crippen LogP contribution in [0.5, 0.6) is 0 Å². The number of aliphatic carboxylic acids is 2. The minimum Gasteiger partial charge on any atom is -0.480 e. The molecule has 0 spiro atoms. The summed E-state index contributed by atoms with van der Waals surface area (Å²) in [6.45, 7) is -0.347. The Bertz CT molecular complexity index is 882. The molecule has 44 heavy (non-hydrogen) atoms. The third-order valence-electron chi connectivity index (χ3n) is 10.7. The van der Waals surface area contributed by atoms with Crippen LogP contribution in [0, 0.1) is 11.8 Å². The summed E-state index contributed by atoms with van der Waals surface area (Å²) < 4.78 is 11.6. The molecule has 0 aromatic heterocycles. The van der Waals surface area contributed by atoms with E-state index in [1.165, 1.54) is 0 Å². The molecule has 4 fully saturated rings. The van der Waals surface area contributed by atoms with Crippen molar-refractivity contribution in [2.45, 2.75) is 146 Å². The molecule has 0 unspecified atom stereocenters. The molecule has 0 heterocycles. The van der Waals surface area contributed by atoms with Crippen LogP contribution >= 0.6 is 0 Å². The Balaban J connectivity index is 1.54. The molecule has 0 saturated heterocycles. The molecule has 0 radical (unpaired) electrons. The van der Waals surface area contributed by atoms with Crippen LogP contribution in [0.1, 0.15) is 128 Å². The van der Waals surface area contributed by atoms with Crippen molar-refractivity contribution < 1.29 is 38.9 Å². The lowest BCUT2D eigenvalue weighted by Gasteiger charge is -2.52. The van der Waals surface area contributed by atoms with Crippen molar-refractivity contribution in [2.75, 3.05) is 32.7 Å². The molecular formula is C34H56N2O8. The van der Waals surface area contributed by atoms with Gasteiger partial charge in [-0.3, -0.25) is 29.0 Å². The number of carbonyl (C=O) groups is 4. The summed E-state index contributed by atoms with van der Waals surface area (Å²) in [6.07, 6.45) is 18.5. The van der Waals surface area contributed by atoms with Crippen LogP contribution in [-0.2, 0) is 28.7 Å². The van der Waals surface area contributed by atoms with Gasteiger partial charge < -0.3 is 19.7 Å². The number of hydrogen-bond donors (Lipinski definition) is 2. The number of carbonyl (C=O) groups excluding carboxylic acids is 2. The fourth-order valence-electron chi connectivity index (χ4n) is 8.63. The first-order valence-electron chi connectivity index (χ1n) is 17.6. The van der Waals surface area contributed by atoms with Gasteiger partial charge in [-0.15, -0.1) is 0 Å². The summed E-state index contributed by atoms with van der Waals surface area (Å²) >= 11 is 0. The van der Waals surface area contributed by atoms with E-state index < -0.39 is 36.0 Å². The molecule has 0 atom stereocenters. The monoisotopic (exact) mass is 620 g/mol. The minimum absolute atomic E-state index is 0.118. The maximum absolute atomic E-state index is 13.5. The molecule has 0 aliphatic heterocycles. The molecule has 250 valence electrons. The first-order chi connectivity index (χ1) is 21.3. The van der Waals surface area contributed by atoms with Crippen molar-refractivity contribution in [3.8, 4) is 0 Å². The second-order valence-electron chi connectivity index (χ2n) is 13.8. The summed E-state index contributed by atoms with van der Waals surface area (Å²) in [4.78, 5) is 55.3. The van der Waals surface area contributed by atoms with Crippen molar-refractivity contribution in [1.82, 2.24) is 9.80 Å². The Hall–Kier alpha value is -2.20. The van der Waals surface area contributed by atoms with Crippen molar-refractivity contribution in [3.63, 3.8) is 0 Å². The number of carboxylic acids is 2. The topological polar surface area (TPSA) is 134 Å². The van der Waals surface area contributed by atoms with Gasteiger partial charge in [-0.1, -0.05) is 51.4 Å². The molecule has 4 saturated carbocycles. The molecular weight excluding hydrogens is 564 g/mol. The molecule has 0 amide bonds. The molecule has 4 aliphatic rings. The molecule has 4 rings (SSSR count). The average Bonchev–Trinajstić information content (AvgIpc) is 3.01. The zero-order valence-electron chi connectivity index (χ0n) is 26.7. The van der Waals surface area contributed by atoms with Gasteiger partial charge in [0.2, 0.25) is 0 Å². The van der Waals surface area contributed by atoms with E-state index in [-0.39, 0.29) is 50.2 Å². The lowest BCUT2D eigenvalue weighted by Crippen LogP contribution is -2.66. The summed E-state index contributed by atoms with van der Waals surface area (Å²) in [6, 6.07) is 0. The summed E-state index contributed by atoms with van der Waals surface area (Å²) in [5.74, 6) is -3.10. The summed E-state index contributed by atoms with van der Waals surface area (Å²) in [5.41, 5.74) is -1.30. The zero-order chi connectivity index (χ0) is 31.4. The number of ether oxygens (including phenoxy) is 2. The second kappa shape index (κ2) is 17.5. The van der Waals surface area contributed by atoms with Crippen LogP contribution < -0.4 is 0 Å². The first-order valence-corrected chi connectivity index (χ1v) is 17.6. The van der Waals surface area contributed by atoms with Crippen LogP contribution in [0.15, 0.2) is 0 Å². The highest BCUT2D eigenvalue weighted by Gasteiger charge is 2.56. The van der Waals surface area contributed by atoms with E-state index in [1.807, 2.05) is 0 Å². The largest absolute Gasteiger partial charge is 0.480 e. The maximum atomic E-state index is 13.5. The lowest BCUT2D eigenvalue weighted by atomic mass is 9.63. The van der Waals surface area contributed by atoms with E-state index in [2.05, 4.69) is 0 Å². The number of nitrogens with zero attached hydrogens (tertiary/aromatic N) is 2.